The molecule has 6 heteroatoms. The molecule has 0 aliphatic rings. The summed E-state index contributed by atoms with van der Waals surface area (Å²) in [6.45, 7) is 1.86. The maximum absolute atomic E-state index is 10.9. The molecule has 4 nitrogen and oxygen atoms in total. The van der Waals surface area contributed by atoms with Gasteiger partial charge in [0.2, 0.25) is 9.05 Å². The first-order chi connectivity index (χ1) is 7.47. The predicted molar refractivity (Wildman–Crippen MR) is 63.3 cm³/mol. The number of imidazole rings is 1. The predicted octanol–water partition coefficient (Wildman–Crippen LogP) is 1.75. The standard InChI is InChI=1S/C10H11ClN2O2S/c1-8-9(5-7-16(11,14)15)13-6-3-2-4-10(13)12-8/h2-4,6H,5,7H2,1H3. The quantitative estimate of drug-likeness (QED) is 0.789. The molecule has 0 radical (unpaired) electrons. The Labute approximate surface area is 98.3 Å². The lowest BCUT2D eigenvalue weighted by molar-refractivity contribution is 0.608. The average molecular weight is 259 g/mol. The van der Waals surface area contributed by atoms with E-state index in [9.17, 15) is 8.42 Å². The van der Waals surface area contributed by atoms with E-state index in [1.54, 1.807) is 0 Å². The van der Waals surface area contributed by atoms with Gasteiger partial charge in [0.05, 0.1) is 11.4 Å². The number of halogens is 1. The van der Waals surface area contributed by atoms with Gasteiger partial charge in [0.25, 0.3) is 0 Å². The van der Waals surface area contributed by atoms with Gasteiger partial charge < -0.3 is 4.40 Å². The van der Waals surface area contributed by atoms with Gasteiger partial charge in [0.1, 0.15) is 5.65 Å². The molecule has 0 unspecified atom stereocenters. The molecule has 2 rings (SSSR count). The van der Waals surface area contributed by atoms with E-state index in [4.69, 9.17) is 10.7 Å². The molecule has 0 aliphatic heterocycles. The molecule has 2 heterocycles. The van der Waals surface area contributed by atoms with Crippen molar-refractivity contribution in [2.45, 2.75) is 13.3 Å². The molecule has 2 aromatic rings. The van der Waals surface area contributed by atoms with Crippen molar-refractivity contribution in [2.75, 3.05) is 5.75 Å². The summed E-state index contributed by atoms with van der Waals surface area (Å²) in [6, 6.07) is 5.66. The molecular weight excluding hydrogens is 248 g/mol. The summed E-state index contributed by atoms with van der Waals surface area (Å²) in [4.78, 5) is 4.34. The molecule has 0 aliphatic carbocycles. The Bertz CT molecular complexity index is 619. The van der Waals surface area contributed by atoms with Gasteiger partial charge in [-0.25, -0.2) is 13.4 Å². The van der Waals surface area contributed by atoms with E-state index in [0.717, 1.165) is 17.0 Å². The van der Waals surface area contributed by atoms with Crippen LogP contribution in [-0.4, -0.2) is 23.6 Å². The van der Waals surface area contributed by atoms with Gasteiger partial charge in [-0.05, 0) is 19.1 Å². The summed E-state index contributed by atoms with van der Waals surface area (Å²) in [5.41, 5.74) is 2.55. The maximum Gasteiger partial charge on any atom is 0.232 e. The first-order valence-electron chi connectivity index (χ1n) is 4.82. The van der Waals surface area contributed by atoms with Crippen LogP contribution in [0.3, 0.4) is 0 Å². The average Bonchev–Trinajstić information content (AvgIpc) is 2.49. The first-order valence-corrected chi connectivity index (χ1v) is 7.30. The summed E-state index contributed by atoms with van der Waals surface area (Å²) < 4.78 is 23.7. The van der Waals surface area contributed by atoms with E-state index in [2.05, 4.69) is 4.98 Å². The fourth-order valence-electron chi connectivity index (χ4n) is 1.68. The van der Waals surface area contributed by atoms with Crippen molar-refractivity contribution in [2.24, 2.45) is 0 Å². The number of nitrogens with zero attached hydrogens (tertiary/aromatic N) is 2. The number of rotatable bonds is 3. The Balaban J connectivity index is 2.40. The van der Waals surface area contributed by atoms with Crippen molar-refractivity contribution in [3.05, 3.63) is 35.8 Å². The van der Waals surface area contributed by atoms with Crippen LogP contribution >= 0.6 is 10.7 Å². The zero-order valence-corrected chi connectivity index (χ0v) is 10.3. The molecule has 0 atom stereocenters. The molecule has 16 heavy (non-hydrogen) atoms. The van der Waals surface area contributed by atoms with E-state index in [1.165, 1.54) is 0 Å². The minimum absolute atomic E-state index is 0.0713. The fraction of sp³-hybridized carbons (Fsp3) is 0.300. The minimum atomic E-state index is -3.45. The lowest BCUT2D eigenvalue weighted by Crippen LogP contribution is -2.04. The summed E-state index contributed by atoms with van der Waals surface area (Å²) in [7, 11) is 1.74. The van der Waals surface area contributed by atoms with Crippen molar-refractivity contribution < 1.29 is 8.42 Å². The topological polar surface area (TPSA) is 51.4 Å². The van der Waals surface area contributed by atoms with Crippen LogP contribution < -0.4 is 0 Å². The number of hydrogen-bond donors (Lipinski definition) is 0. The van der Waals surface area contributed by atoms with Crippen LogP contribution in [0, 0.1) is 6.92 Å². The van der Waals surface area contributed by atoms with E-state index < -0.39 is 9.05 Å². The maximum atomic E-state index is 10.9. The third-order valence-corrected chi connectivity index (χ3v) is 3.57. The van der Waals surface area contributed by atoms with Crippen LogP contribution in [0.5, 0.6) is 0 Å². The molecular formula is C10H11ClN2O2S. The minimum Gasteiger partial charge on any atom is -0.304 e. The Kier molecular flexibility index (Phi) is 2.90. The molecule has 86 valence electrons. The summed E-state index contributed by atoms with van der Waals surface area (Å²) in [5.74, 6) is -0.0713. The highest BCUT2D eigenvalue weighted by Crippen LogP contribution is 2.13. The highest BCUT2D eigenvalue weighted by Gasteiger charge is 2.12. The molecule has 0 N–H and O–H groups in total. The smallest absolute Gasteiger partial charge is 0.232 e. The summed E-state index contributed by atoms with van der Waals surface area (Å²) in [5, 5.41) is 0. The second-order valence-electron chi connectivity index (χ2n) is 3.57. The number of pyridine rings is 1. The molecule has 0 saturated heterocycles. The zero-order chi connectivity index (χ0) is 11.8. The van der Waals surface area contributed by atoms with Crippen LogP contribution in [0.15, 0.2) is 24.4 Å². The Morgan fingerprint density at radius 1 is 1.44 bits per heavy atom. The van der Waals surface area contributed by atoms with E-state index in [-0.39, 0.29) is 5.75 Å². The van der Waals surface area contributed by atoms with Gasteiger partial charge in [0.15, 0.2) is 0 Å². The number of aromatic nitrogens is 2. The molecule has 0 fully saturated rings. The largest absolute Gasteiger partial charge is 0.304 e. The SMILES string of the molecule is Cc1nc2ccccn2c1CCS(=O)(=O)Cl. The van der Waals surface area contributed by atoms with Gasteiger partial charge >= 0.3 is 0 Å². The van der Waals surface area contributed by atoms with E-state index >= 15 is 0 Å². The van der Waals surface area contributed by atoms with Gasteiger partial charge in [0, 0.05) is 29.0 Å². The third-order valence-electron chi connectivity index (χ3n) is 2.41. The number of fused-ring (bicyclic) bond motifs is 1. The second kappa shape index (κ2) is 4.07. The molecule has 0 spiro atoms. The van der Waals surface area contributed by atoms with Crippen molar-refractivity contribution in [1.82, 2.24) is 9.38 Å². The lowest BCUT2D eigenvalue weighted by Gasteiger charge is -2.00. The third kappa shape index (κ3) is 2.36. The lowest BCUT2D eigenvalue weighted by atomic mass is 10.3. The van der Waals surface area contributed by atoms with Crippen LogP contribution in [-0.2, 0) is 15.5 Å². The molecule has 0 amide bonds. The van der Waals surface area contributed by atoms with Crippen LogP contribution in [0.4, 0.5) is 0 Å². The zero-order valence-electron chi connectivity index (χ0n) is 8.72. The van der Waals surface area contributed by atoms with E-state index in [0.29, 0.717) is 6.42 Å². The van der Waals surface area contributed by atoms with Crippen molar-refractivity contribution >= 4 is 25.4 Å². The number of hydrogen-bond acceptors (Lipinski definition) is 3. The number of aryl methyl sites for hydroxylation is 2. The van der Waals surface area contributed by atoms with Crippen LogP contribution in [0.2, 0.25) is 0 Å². The highest BCUT2D eigenvalue weighted by atomic mass is 35.7. The van der Waals surface area contributed by atoms with Crippen molar-refractivity contribution in [1.29, 1.82) is 0 Å². The van der Waals surface area contributed by atoms with Crippen LogP contribution in [0.25, 0.3) is 5.65 Å². The Morgan fingerprint density at radius 2 is 2.19 bits per heavy atom. The molecule has 2 aromatic heterocycles. The monoisotopic (exact) mass is 258 g/mol. The van der Waals surface area contributed by atoms with Crippen molar-refractivity contribution in [3.8, 4) is 0 Å². The van der Waals surface area contributed by atoms with Gasteiger partial charge in [-0.15, -0.1) is 0 Å². The molecule has 0 bridgehead atoms. The van der Waals surface area contributed by atoms with Gasteiger partial charge in [-0.1, -0.05) is 6.07 Å². The summed E-state index contributed by atoms with van der Waals surface area (Å²) in [6.07, 6.45) is 2.24. The Hall–Kier alpha value is -1.07. The van der Waals surface area contributed by atoms with E-state index in [1.807, 2.05) is 35.7 Å². The van der Waals surface area contributed by atoms with Gasteiger partial charge in [-0.3, -0.25) is 0 Å². The second-order valence-corrected chi connectivity index (χ2v) is 6.46. The first kappa shape index (κ1) is 11.4. The van der Waals surface area contributed by atoms with Gasteiger partial charge in [-0.2, -0.15) is 0 Å². The fourth-order valence-corrected chi connectivity index (χ4v) is 2.35. The normalized spacial score (nSPS) is 12.1. The van der Waals surface area contributed by atoms with Crippen molar-refractivity contribution in [3.63, 3.8) is 0 Å². The Morgan fingerprint density at radius 3 is 2.88 bits per heavy atom. The molecule has 0 saturated carbocycles. The van der Waals surface area contributed by atoms with Crippen LogP contribution in [0.1, 0.15) is 11.4 Å². The highest BCUT2D eigenvalue weighted by molar-refractivity contribution is 8.13. The molecule has 0 aromatic carbocycles. The summed E-state index contributed by atoms with van der Waals surface area (Å²) >= 11 is 0.